The standard InChI is InChI=1S/C15H21NO3/c1-12-6-5-9-16(10-14(12)17)15(18)19-11-13-7-3-2-4-8-13/h2-4,7-8,12,14,17H,5-6,9-11H2,1H3/t12?,14-/m1/s1. The third kappa shape index (κ3) is 3.96. The van der Waals surface area contributed by atoms with E-state index in [1.807, 2.05) is 37.3 Å². The molecule has 1 N–H and O–H groups in total. The van der Waals surface area contributed by atoms with Crippen molar-refractivity contribution in [2.75, 3.05) is 13.1 Å². The molecule has 1 heterocycles. The molecule has 0 radical (unpaired) electrons. The highest BCUT2D eigenvalue weighted by Gasteiger charge is 2.25. The van der Waals surface area contributed by atoms with Crippen molar-refractivity contribution in [1.29, 1.82) is 0 Å². The largest absolute Gasteiger partial charge is 0.445 e. The lowest BCUT2D eigenvalue weighted by molar-refractivity contribution is 0.0617. The van der Waals surface area contributed by atoms with E-state index in [0.717, 1.165) is 18.4 Å². The highest BCUT2D eigenvalue weighted by Crippen LogP contribution is 2.18. The minimum atomic E-state index is -0.452. The molecular formula is C15H21NO3. The number of benzene rings is 1. The Kier molecular flexibility index (Phi) is 4.80. The van der Waals surface area contributed by atoms with Crippen LogP contribution < -0.4 is 0 Å². The number of aliphatic hydroxyl groups is 1. The molecule has 1 fully saturated rings. The fourth-order valence-electron chi connectivity index (χ4n) is 2.27. The Balaban J connectivity index is 1.85. The van der Waals surface area contributed by atoms with Crippen molar-refractivity contribution in [2.24, 2.45) is 5.92 Å². The molecule has 0 spiro atoms. The van der Waals surface area contributed by atoms with Gasteiger partial charge in [0.2, 0.25) is 0 Å². The molecule has 2 atom stereocenters. The van der Waals surface area contributed by atoms with E-state index in [2.05, 4.69) is 0 Å². The average Bonchev–Trinajstić information content (AvgIpc) is 2.60. The Morgan fingerprint density at radius 1 is 1.42 bits per heavy atom. The number of hydrogen-bond acceptors (Lipinski definition) is 3. The van der Waals surface area contributed by atoms with E-state index < -0.39 is 6.10 Å². The Morgan fingerprint density at radius 2 is 2.16 bits per heavy atom. The second-order valence-electron chi connectivity index (χ2n) is 5.17. The van der Waals surface area contributed by atoms with Crippen molar-refractivity contribution in [1.82, 2.24) is 4.90 Å². The molecule has 0 aliphatic carbocycles. The van der Waals surface area contributed by atoms with Crippen LogP contribution in [0.1, 0.15) is 25.3 Å². The molecule has 1 saturated heterocycles. The third-order valence-electron chi connectivity index (χ3n) is 3.62. The summed E-state index contributed by atoms with van der Waals surface area (Å²) >= 11 is 0. The van der Waals surface area contributed by atoms with E-state index in [0.29, 0.717) is 13.1 Å². The van der Waals surface area contributed by atoms with Crippen molar-refractivity contribution < 1.29 is 14.6 Å². The summed E-state index contributed by atoms with van der Waals surface area (Å²) in [6, 6.07) is 9.61. The molecule has 4 heteroatoms. The molecule has 1 aromatic rings. The summed E-state index contributed by atoms with van der Waals surface area (Å²) in [6.07, 6.45) is 1.08. The van der Waals surface area contributed by atoms with Crippen molar-refractivity contribution >= 4 is 6.09 Å². The average molecular weight is 263 g/mol. The molecule has 1 aromatic carbocycles. The van der Waals surface area contributed by atoms with E-state index in [1.54, 1.807) is 4.90 Å². The Labute approximate surface area is 114 Å². The predicted octanol–water partition coefficient (Wildman–Crippen LogP) is 2.42. The summed E-state index contributed by atoms with van der Waals surface area (Å²) in [5, 5.41) is 9.91. The summed E-state index contributed by atoms with van der Waals surface area (Å²) in [7, 11) is 0. The van der Waals surface area contributed by atoms with Crippen molar-refractivity contribution in [3.8, 4) is 0 Å². The molecule has 0 saturated carbocycles. The van der Waals surface area contributed by atoms with Crippen LogP contribution in [0.15, 0.2) is 30.3 Å². The number of ether oxygens (including phenoxy) is 1. The third-order valence-corrected chi connectivity index (χ3v) is 3.62. The number of rotatable bonds is 2. The minimum absolute atomic E-state index is 0.243. The molecule has 0 aromatic heterocycles. The van der Waals surface area contributed by atoms with Gasteiger partial charge in [0.15, 0.2) is 0 Å². The number of likely N-dealkylation sites (tertiary alicyclic amines) is 1. The van der Waals surface area contributed by atoms with Crippen LogP contribution in [0.3, 0.4) is 0 Å². The molecule has 104 valence electrons. The fraction of sp³-hybridized carbons (Fsp3) is 0.533. The smallest absolute Gasteiger partial charge is 0.410 e. The number of carbonyl (C=O) groups is 1. The van der Waals surface area contributed by atoms with Gasteiger partial charge in [0.05, 0.1) is 12.6 Å². The molecule has 1 aliphatic heterocycles. The summed E-state index contributed by atoms with van der Waals surface area (Å²) in [5.41, 5.74) is 0.972. The van der Waals surface area contributed by atoms with E-state index in [4.69, 9.17) is 4.74 Å². The molecule has 1 unspecified atom stereocenters. The van der Waals surface area contributed by atoms with Crippen LogP contribution in [0, 0.1) is 5.92 Å². The number of β-amino-alcohol motifs (C(OH)–C–C–N with tert-alkyl or cyclic N) is 1. The van der Waals surface area contributed by atoms with Gasteiger partial charge in [0.1, 0.15) is 6.61 Å². The first-order chi connectivity index (χ1) is 9.16. The van der Waals surface area contributed by atoms with Crippen molar-refractivity contribution in [2.45, 2.75) is 32.5 Å². The van der Waals surface area contributed by atoms with Gasteiger partial charge in [-0.15, -0.1) is 0 Å². The quantitative estimate of drug-likeness (QED) is 0.891. The lowest BCUT2D eigenvalue weighted by atomic mass is 10.0. The van der Waals surface area contributed by atoms with E-state index in [1.165, 1.54) is 0 Å². The van der Waals surface area contributed by atoms with Gasteiger partial charge in [0, 0.05) is 6.54 Å². The van der Waals surface area contributed by atoms with Gasteiger partial charge in [-0.3, -0.25) is 0 Å². The molecule has 0 bridgehead atoms. The van der Waals surface area contributed by atoms with Gasteiger partial charge >= 0.3 is 6.09 Å². The number of carbonyl (C=O) groups excluding carboxylic acids is 1. The second kappa shape index (κ2) is 6.57. The molecular weight excluding hydrogens is 242 g/mol. The van der Waals surface area contributed by atoms with Gasteiger partial charge in [-0.1, -0.05) is 37.3 Å². The minimum Gasteiger partial charge on any atom is -0.445 e. The Hall–Kier alpha value is -1.55. The summed E-state index contributed by atoms with van der Waals surface area (Å²) in [6.45, 7) is 3.33. The zero-order valence-corrected chi connectivity index (χ0v) is 11.3. The highest BCUT2D eigenvalue weighted by atomic mass is 16.6. The van der Waals surface area contributed by atoms with Gasteiger partial charge in [0.25, 0.3) is 0 Å². The van der Waals surface area contributed by atoms with Crippen LogP contribution >= 0.6 is 0 Å². The fourth-order valence-corrected chi connectivity index (χ4v) is 2.27. The molecule has 1 aliphatic rings. The lowest BCUT2D eigenvalue weighted by Crippen LogP contribution is -2.38. The first-order valence-electron chi connectivity index (χ1n) is 6.80. The maximum absolute atomic E-state index is 12.0. The van der Waals surface area contributed by atoms with Crippen molar-refractivity contribution in [3.05, 3.63) is 35.9 Å². The second-order valence-corrected chi connectivity index (χ2v) is 5.17. The van der Waals surface area contributed by atoms with Gasteiger partial charge < -0.3 is 14.7 Å². The van der Waals surface area contributed by atoms with Crippen LogP contribution in [-0.2, 0) is 11.3 Å². The topological polar surface area (TPSA) is 49.8 Å². The van der Waals surface area contributed by atoms with Gasteiger partial charge in [-0.25, -0.2) is 4.79 Å². The van der Waals surface area contributed by atoms with Crippen molar-refractivity contribution in [3.63, 3.8) is 0 Å². The first-order valence-corrected chi connectivity index (χ1v) is 6.80. The SMILES string of the molecule is CC1CCCN(C(=O)OCc2ccccc2)C[C@H]1O. The molecule has 19 heavy (non-hydrogen) atoms. The van der Waals surface area contributed by atoms with Crippen LogP contribution in [0.25, 0.3) is 0 Å². The molecule has 4 nitrogen and oxygen atoms in total. The Bertz CT molecular complexity index is 407. The number of aliphatic hydroxyl groups excluding tert-OH is 1. The van der Waals surface area contributed by atoms with E-state index in [-0.39, 0.29) is 18.6 Å². The van der Waals surface area contributed by atoms with Gasteiger partial charge in [-0.05, 0) is 24.3 Å². The van der Waals surface area contributed by atoms with Crippen LogP contribution in [0.5, 0.6) is 0 Å². The van der Waals surface area contributed by atoms with Crippen LogP contribution in [0.2, 0.25) is 0 Å². The maximum atomic E-state index is 12.0. The summed E-state index contributed by atoms with van der Waals surface area (Å²) in [4.78, 5) is 13.6. The predicted molar refractivity (Wildman–Crippen MR) is 72.6 cm³/mol. The van der Waals surface area contributed by atoms with Gasteiger partial charge in [-0.2, -0.15) is 0 Å². The van der Waals surface area contributed by atoms with E-state index in [9.17, 15) is 9.90 Å². The van der Waals surface area contributed by atoms with E-state index >= 15 is 0 Å². The molecule has 1 amide bonds. The number of nitrogens with zero attached hydrogens (tertiary/aromatic N) is 1. The Morgan fingerprint density at radius 3 is 2.89 bits per heavy atom. The number of hydrogen-bond donors (Lipinski definition) is 1. The lowest BCUT2D eigenvalue weighted by Gasteiger charge is -2.22. The zero-order chi connectivity index (χ0) is 13.7. The normalized spacial score (nSPS) is 23.8. The number of amides is 1. The zero-order valence-electron chi connectivity index (χ0n) is 11.3. The first kappa shape index (κ1) is 13.9. The van der Waals surface area contributed by atoms with Crippen LogP contribution in [-0.4, -0.2) is 35.3 Å². The highest BCUT2D eigenvalue weighted by molar-refractivity contribution is 5.67. The summed E-state index contributed by atoms with van der Waals surface area (Å²) < 4.78 is 5.28. The van der Waals surface area contributed by atoms with Crippen LogP contribution in [0.4, 0.5) is 4.79 Å². The maximum Gasteiger partial charge on any atom is 0.410 e. The monoisotopic (exact) mass is 263 g/mol. The molecule has 2 rings (SSSR count). The summed E-state index contributed by atoms with van der Waals surface area (Å²) in [5.74, 6) is 0.243.